The third kappa shape index (κ3) is 8.40. The minimum absolute atomic E-state index is 0.193. The van der Waals surface area contributed by atoms with Crippen LogP contribution in [0.5, 0.6) is 0 Å². The lowest BCUT2D eigenvalue weighted by atomic mass is 10.0. The lowest BCUT2D eigenvalue weighted by Gasteiger charge is -2.17. The highest BCUT2D eigenvalue weighted by Crippen LogP contribution is 2.22. The first kappa shape index (κ1) is 35.0. The monoisotopic (exact) mass is 712 g/mol. The number of nitrogens with zero attached hydrogens (tertiary/aromatic N) is 4. The van der Waals surface area contributed by atoms with Crippen LogP contribution in [0.4, 0.5) is 28.4 Å². The standard InChI is InChI=1S/C31H24N10O9S/c32-15-1-7-22(21(33)11-15)37-39-24-13-19(51(48,49)50)14-25(29(24)44)40-38-23-8-10-27(43)28(30(23)45)41-35-17-4-2-16(3-5-17)34-36-18-6-9-26(42)20(12-18)31(46)47/h1-14,34-35,37,39H,32-33H2,(H,46,47)(H,48,49,50)/b36-18-,38-23+,40-25-,41-28-. The smallest absolute Gasteiger partial charge is 0.339 e. The Morgan fingerprint density at radius 1 is 0.784 bits per heavy atom. The number of rotatable bonds is 10. The van der Waals surface area contributed by atoms with Gasteiger partial charge < -0.3 is 16.6 Å². The molecular formula is C31H24N10O9S. The van der Waals surface area contributed by atoms with Crippen molar-refractivity contribution in [2.75, 3.05) is 27.7 Å². The minimum atomic E-state index is -4.84. The van der Waals surface area contributed by atoms with E-state index in [-0.39, 0.29) is 22.8 Å². The number of allylic oxidation sites excluding steroid dienone is 6. The van der Waals surface area contributed by atoms with Crippen molar-refractivity contribution in [1.82, 2.24) is 5.43 Å². The Morgan fingerprint density at radius 3 is 2.12 bits per heavy atom. The molecule has 0 saturated heterocycles. The summed E-state index contributed by atoms with van der Waals surface area (Å²) in [6.45, 7) is 0. The van der Waals surface area contributed by atoms with Gasteiger partial charge in [-0.2, -0.15) is 18.6 Å². The fraction of sp³-hybridized carbons (Fsp3) is 0. The van der Waals surface area contributed by atoms with E-state index in [1.165, 1.54) is 36.4 Å². The van der Waals surface area contributed by atoms with E-state index < -0.39 is 65.4 Å². The van der Waals surface area contributed by atoms with E-state index in [1.54, 1.807) is 12.1 Å². The first-order valence-electron chi connectivity index (χ1n) is 14.2. The third-order valence-electron chi connectivity index (χ3n) is 6.78. The van der Waals surface area contributed by atoms with E-state index in [9.17, 15) is 36.9 Å². The zero-order valence-electron chi connectivity index (χ0n) is 25.7. The number of nitrogens with one attached hydrogen (secondary N) is 4. The summed E-state index contributed by atoms with van der Waals surface area (Å²) in [5.74, 6) is -2.92. The Labute approximate surface area is 285 Å². The second kappa shape index (κ2) is 14.4. The summed E-state index contributed by atoms with van der Waals surface area (Å²) in [6, 6.07) is 12.6. The topological polar surface area (TPSA) is 310 Å². The van der Waals surface area contributed by atoms with Crippen molar-refractivity contribution in [2.45, 2.75) is 0 Å². The maximum atomic E-state index is 13.1. The SMILES string of the molecule is Nc1ccc(NNC2=CC(S(=O)(=O)O)=C/C(=N/N=c3\ccc(=O)/c(=N/Nc4ccc(N/N=C5/C=CC(=O)C(C(=O)O)=C5)cc4)c3=O)C2=O)c(N)c1. The van der Waals surface area contributed by atoms with Gasteiger partial charge in [0.15, 0.2) is 11.1 Å². The average Bonchev–Trinajstić information content (AvgIpc) is 3.08. The molecule has 3 aromatic rings. The van der Waals surface area contributed by atoms with Crippen LogP contribution in [0.15, 0.2) is 131 Å². The second-order valence-electron chi connectivity index (χ2n) is 10.4. The van der Waals surface area contributed by atoms with Crippen LogP contribution < -0.4 is 54.7 Å². The van der Waals surface area contributed by atoms with Crippen LogP contribution in [0.2, 0.25) is 0 Å². The van der Waals surface area contributed by atoms with Crippen LogP contribution in [-0.2, 0) is 24.5 Å². The highest BCUT2D eigenvalue weighted by atomic mass is 32.2. The van der Waals surface area contributed by atoms with Crippen molar-refractivity contribution in [1.29, 1.82) is 0 Å². The normalized spacial score (nSPS) is 16.8. The number of aliphatic carboxylic acids is 1. The third-order valence-corrected chi connectivity index (χ3v) is 7.61. The summed E-state index contributed by atoms with van der Waals surface area (Å²) >= 11 is 0. The molecule has 19 nitrogen and oxygen atoms in total. The summed E-state index contributed by atoms with van der Waals surface area (Å²) in [6.07, 6.45) is 5.12. The van der Waals surface area contributed by atoms with Crippen LogP contribution in [0.25, 0.3) is 0 Å². The maximum absolute atomic E-state index is 13.1. The van der Waals surface area contributed by atoms with Gasteiger partial charge in [-0.15, -0.1) is 10.2 Å². The van der Waals surface area contributed by atoms with Crippen LogP contribution in [0, 0.1) is 0 Å². The first-order valence-corrected chi connectivity index (χ1v) is 15.6. The van der Waals surface area contributed by atoms with E-state index >= 15 is 0 Å². The average molecular weight is 713 g/mol. The van der Waals surface area contributed by atoms with Crippen LogP contribution in [0.1, 0.15) is 0 Å². The predicted octanol–water partition coefficient (Wildman–Crippen LogP) is -0.596. The molecule has 0 unspecified atom stereocenters. The van der Waals surface area contributed by atoms with Crippen LogP contribution in [0.3, 0.4) is 0 Å². The number of anilines is 5. The number of carboxylic acids is 1. The molecule has 0 fully saturated rings. The summed E-state index contributed by atoms with van der Waals surface area (Å²) < 4.78 is 33.5. The predicted molar refractivity (Wildman–Crippen MR) is 186 cm³/mol. The number of carboxylic acid groups (broad SMARTS) is 1. The van der Waals surface area contributed by atoms with Gasteiger partial charge in [0.25, 0.3) is 10.1 Å². The fourth-order valence-electron chi connectivity index (χ4n) is 4.19. The molecule has 0 heterocycles. The van der Waals surface area contributed by atoms with Gasteiger partial charge in [0.05, 0.1) is 33.4 Å². The molecule has 0 saturated carbocycles. The minimum Gasteiger partial charge on any atom is -0.478 e. The van der Waals surface area contributed by atoms with E-state index in [2.05, 4.69) is 42.1 Å². The molecule has 51 heavy (non-hydrogen) atoms. The number of Topliss-reactive ketones (excluding diaryl/α,β-unsaturated/α-hetero) is 1. The van der Waals surface area contributed by atoms with Crippen LogP contribution >= 0.6 is 0 Å². The van der Waals surface area contributed by atoms with Crippen molar-refractivity contribution in [3.8, 4) is 0 Å². The van der Waals surface area contributed by atoms with Gasteiger partial charge in [-0.05, 0) is 85.0 Å². The molecular weight excluding hydrogens is 688 g/mol. The molecule has 0 aromatic heterocycles. The van der Waals surface area contributed by atoms with Crippen molar-refractivity contribution in [3.05, 3.63) is 132 Å². The number of nitrogens with two attached hydrogens (primary N) is 2. The van der Waals surface area contributed by atoms with E-state index in [0.717, 1.165) is 36.4 Å². The van der Waals surface area contributed by atoms with Crippen molar-refractivity contribution in [3.63, 3.8) is 0 Å². The second-order valence-corrected chi connectivity index (χ2v) is 11.8. The first-order chi connectivity index (χ1) is 24.2. The van der Waals surface area contributed by atoms with Gasteiger partial charge in [0.1, 0.15) is 22.3 Å². The highest BCUT2D eigenvalue weighted by molar-refractivity contribution is 7.90. The van der Waals surface area contributed by atoms with Gasteiger partial charge in [0.2, 0.25) is 16.6 Å². The summed E-state index contributed by atoms with van der Waals surface area (Å²) in [4.78, 5) is 60.7. The van der Waals surface area contributed by atoms with Gasteiger partial charge in [0, 0.05) is 5.69 Å². The Hall–Kier alpha value is -7.32. The highest BCUT2D eigenvalue weighted by Gasteiger charge is 2.26. The van der Waals surface area contributed by atoms with Crippen molar-refractivity contribution < 1.29 is 32.5 Å². The fourth-order valence-corrected chi connectivity index (χ4v) is 4.72. The lowest BCUT2D eigenvalue weighted by molar-refractivity contribution is -0.134. The molecule has 0 amide bonds. The number of carbonyl (C=O) groups excluding carboxylic acids is 2. The molecule has 0 radical (unpaired) electrons. The molecule has 5 rings (SSSR count). The molecule has 0 aliphatic heterocycles. The number of hydrogen-bond donors (Lipinski definition) is 8. The molecule has 258 valence electrons. The lowest BCUT2D eigenvalue weighted by Crippen LogP contribution is -2.47. The van der Waals surface area contributed by atoms with Crippen LogP contribution in [-0.4, -0.2) is 47.0 Å². The number of ketones is 2. The Morgan fingerprint density at radius 2 is 1.47 bits per heavy atom. The molecule has 10 N–H and O–H groups in total. The molecule has 3 aromatic carbocycles. The summed E-state index contributed by atoms with van der Waals surface area (Å²) in [5.41, 5.74) is 20.6. The number of hydrazine groups is 1. The number of nitrogen functional groups attached to an aromatic ring is 2. The van der Waals surface area contributed by atoms with Gasteiger partial charge in [-0.3, -0.25) is 45.4 Å². The molecule has 0 bridgehead atoms. The van der Waals surface area contributed by atoms with E-state index in [4.69, 9.17) is 16.6 Å². The number of hydrazone groups is 1. The molecule has 2 aliphatic carbocycles. The molecule has 20 heteroatoms. The molecule has 0 spiro atoms. The maximum Gasteiger partial charge on any atom is 0.339 e. The number of benzene rings is 3. The zero-order valence-corrected chi connectivity index (χ0v) is 26.5. The molecule has 2 aliphatic rings. The quantitative estimate of drug-likeness (QED) is 0.0325. The van der Waals surface area contributed by atoms with E-state index in [1.807, 2.05) is 0 Å². The molecule has 0 atom stereocenters. The van der Waals surface area contributed by atoms with Gasteiger partial charge in [-0.1, -0.05) is 0 Å². The van der Waals surface area contributed by atoms with Crippen molar-refractivity contribution in [2.24, 2.45) is 20.4 Å². The van der Waals surface area contributed by atoms with Crippen molar-refractivity contribution >= 4 is 67.5 Å². The zero-order chi connectivity index (χ0) is 36.9. The number of hydrogen-bond acceptors (Lipinski definition) is 17. The Kier molecular flexibility index (Phi) is 9.90. The van der Waals surface area contributed by atoms with Gasteiger partial charge >= 0.3 is 5.97 Å². The van der Waals surface area contributed by atoms with Gasteiger partial charge in [-0.25, -0.2) is 4.79 Å². The van der Waals surface area contributed by atoms with E-state index in [0.29, 0.717) is 17.1 Å². The largest absolute Gasteiger partial charge is 0.478 e. The summed E-state index contributed by atoms with van der Waals surface area (Å²) in [5, 5.41) is 23.5. The summed E-state index contributed by atoms with van der Waals surface area (Å²) in [7, 11) is -4.84. The Balaban J connectivity index is 1.36. The Bertz CT molecular complexity index is 2530. The number of carbonyl (C=O) groups is 3.